The van der Waals surface area contributed by atoms with E-state index in [4.69, 9.17) is 0 Å². The van der Waals surface area contributed by atoms with E-state index in [1.807, 2.05) is 0 Å². The van der Waals surface area contributed by atoms with Gasteiger partial charge in [0.1, 0.15) is 0 Å². The molecule has 1 heterocycles. The zero-order valence-electron chi connectivity index (χ0n) is 6.92. The van der Waals surface area contributed by atoms with Gasteiger partial charge in [0.25, 0.3) is 0 Å². The van der Waals surface area contributed by atoms with Gasteiger partial charge in [-0.25, -0.2) is 0 Å². The smallest absolute Gasteiger partial charge is 0.0544 e. The number of nitrogens with one attached hydrogen (secondary N) is 1. The summed E-state index contributed by atoms with van der Waals surface area (Å²) in [5.41, 5.74) is 0. The molecule has 2 nitrogen and oxygen atoms in total. The minimum Gasteiger partial charge on any atom is -0.393 e. The van der Waals surface area contributed by atoms with E-state index in [0.29, 0.717) is 0 Å². The van der Waals surface area contributed by atoms with Crippen LogP contribution in [-0.2, 0) is 0 Å². The summed E-state index contributed by atoms with van der Waals surface area (Å²) in [7, 11) is 0. The summed E-state index contributed by atoms with van der Waals surface area (Å²) in [6.07, 6.45) is 5.86. The summed E-state index contributed by atoms with van der Waals surface area (Å²) in [4.78, 5) is 0. The van der Waals surface area contributed by atoms with E-state index in [1.54, 1.807) is 0 Å². The van der Waals surface area contributed by atoms with Gasteiger partial charge >= 0.3 is 0 Å². The van der Waals surface area contributed by atoms with E-state index >= 15 is 0 Å². The number of aliphatic hydroxyl groups excluding tert-OH is 1. The Balaban J connectivity index is 1.93. The van der Waals surface area contributed by atoms with Crippen molar-refractivity contribution >= 4 is 0 Å². The average molecular weight is 155 g/mol. The molecule has 0 amide bonds. The van der Waals surface area contributed by atoms with Crippen molar-refractivity contribution in [2.75, 3.05) is 6.54 Å². The molecule has 1 aliphatic carbocycles. The first kappa shape index (κ1) is 7.56. The first-order valence-electron chi connectivity index (χ1n) is 4.78. The van der Waals surface area contributed by atoms with Crippen LogP contribution in [0.3, 0.4) is 0 Å². The highest BCUT2D eigenvalue weighted by Crippen LogP contribution is 2.30. The zero-order chi connectivity index (χ0) is 7.68. The number of piperidine rings is 1. The van der Waals surface area contributed by atoms with Crippen LogP contribution in [0.2, 0.25) is 0 Å². The van der Waals surface area contributed by atoms with E-state index in [-0.39, 0.29) is 6.10 Å². The Morgan fingerprint density at radius 2 is 2.09 bits per heavy atom. The third-order valence-corrected chi connectivity index (χ3v) is 3.11. The summed E-state index contributed by atoms with van der Waals surface area (Å²) in [5.74, 6) is 0.771. The molecular formula is C9H17NO. The van der Waals surface area contributed by atoms with Gasteiger partial charge in [0.15, 0.2) is 0 Å². The largest absolute Gasteiger partial charge is 0.393 e. The molecule has 0 radical (unpaired) electrons. The van der Waals surface area contributed by atoms with E-state index in [0.717, 1.165) is 24.8 Å². The van der Waals surface area contributed by atoms with Crippen molar-refractivity contribution in [3.05, 3.63) is 0 Å². The molecule has 0 aromatic rings. The lowest BCUT2D eigenvalue weighted by molar-refractivity contribution is 0.0679. The number of hydrogen-bond donors (Lipinski definition) is 2. The molecule has 1 aliphatic heterocycles. The highest BCUT2D eigenvalue weighted by Gasteiger charge is 2.30. The van der Waals surface area contributed by atoms with Gasteiger partial charge in [0.05, 0.1) is 6.10 Å². The Kier molecular flexibility index (Phi) is 2.14. The number of hydrogen-bond acceptors (Lipinski definition) is 2. The molecule has 3 atom stereocenters. The van der Waals surface area contributed by atoms with Gasteiger partial charge in [-0.15, -0.1) is 0 Å². The van der Waals surface area contributed by atoms with Gasteiger partial charge in [-0.1, -0.05) is 0 Å². The summed E-state index contributed by atoms with van der Waals surface area (Å²) in [6.45, 7) is 1.19. The van der Waals surface area contributed by atoms with E-state index in [2.05, 4.69) is 5.32 Å². The maximum Gasteiger partial charge on any atom is 0.0544 e. The molecule has 2 aliphatic rings. The lowest BCUT2D eigenvalue weighted by Gasteiger charge is -2.38. The topological polar surface area (TPSA) is 32.3 Å². The van der Waals surface area contributed by atoms with Crippen molar-refractivity contribution in [2.24, 2.45) is 5.92 Å². The fourth-order valence-electron chi connectivity index (χ4n) is 2.48. The number of rotatable bonds is 0. The Morgan fingerprint density at radius 3 is 3.00 bits per heavy atom. The molecule has 1 saturated heterocycles. The van der Waals surface area contributed by atoms with Gasteiger partial charge in [0.2, 0.25) is 0 Å². The van der Waals surface area contributed by atoms with Crippen LogP contribution in [0, 0.1) is 5.92 Å². The normalized spacial score (nSPS) is 45.0. The molecule has 0 spiro atoms. The van der Waals surface area contributed by atoms with Crippen LogP contribution in [0.1, 0.15) is 32.1 Å². The van der Waals surface area contributed by atoms with Crippen molar-refractivity contribution in [3.63, 3.8) is 0 Å². The zero-order valence-corrected chi connectivity index (χ0v) is 6.92. The standard InChI is InChI=1S/C9H17NO/c11-8-3-4-9-7(6-8)2-1-5-10-9/h7-11H,1-6H2/t7-,8-,9-/m0/s1. The maximum absolute atomic E-state index is 9.42. The second kappa shape index (κ2) is 3.11. The first-order chi connectivity index (χ1) is 5.36. The maximum atomic E-state index is 9.42. The second-order valence-corrected chi connectivity index (χ2v) is 3.93. The molecule has 64 valence electrons. The molecule has 0 aromatic heterocycles. The third kappa shape index (κ3) is 1.57. The highest BCUT2D eigenvalue weighted by molar-refractivity contribution is 4.87. The van der Waals surface area contributed by atoms with E-state index < -0.39 is 0 Å². The Morgan fingerprint density at radius 1 is 1.18 bits per heavy atom. The second-order valence-electron chi connectivity index (χ2n) is 3.93. The lowest BCUT2D eigenvalue weighted by atomic mass is 9.78. The van der Waals surface area contributed by atoms with Crippen LogP contribution in [0.25, 0.3) is 0 Å². The van der Waals surface area contributed by atoms with Crippen LogP contribution < -0.4 is 5.32 Å². The quantitative estimate of drug-likeness (QED) is 0.544. The van der Waals surface area contributed by atoms with Crippen molar-refractivity contribution in [1.29, 1.82) is 0 Å². The van der Waals surface area contributed by atoms with Crippen molar-refractivity contribution in [3.8, 4) is 0 Å². The highest BCUT2D eigenvalue weighted by atomic mass is 16.3. The predicted octanol–water partition coefficient (Wildman–Crippen LogP) is 0.899. The average Bonchev–Trinajstić information content (AvgIpc) is 2.04. The summed E-state index contributed by atoms with van der Waals surface area (Å²) < 4.78 is 0. The minimum atomic E-state index is -0.00356. The van der Waals surface area contributed by atoms with Crippen LogP contribution in [0.5, 0.6) is 0 Å². The van der Waals surface area contributed by atoms with Gasteiger partial charge in [0, 0.05) is 6.04 Å². The molecule has 0 aromatic carbocycles. The monoisotopic (exact) mass is 155 g/mol. The van der Waals surface area contributed by atoms with E-state index in [9.17, 15) is 5.11 Å². The molecule has 11 heavy (non-hydrogen) atoms. The molecular weight excluding hydrogens is 138 g/mol. The van der Waals surface area contributed by atoms with Crippen molar-refractivity contribution < 1.29 is 5.11 Å². The predicted molar refractivity (Wildman–Crippen MR) is 44.4 cm³/mol. The van der Waals surface area contributed by atoms with E-state index in [1.165, 1.54) is 25.8 Å². The summed E-state index contributed by atoms with van der Waals surface area (Å²) in [6, 6.07) is 0.729. The van der Waals surface area contributed by atoms with Crippen LogP contribution in [-0.4, -0.2) is 23.8 Å². The Hall–Kier alpha value is -0.0800. The number of aliphatic hydroxyl groups is 1. The van der Waals surface area contributed by atoms with Crippen LogP contribution in [0.15, 0.2) is 0 Å². The fourth-order valence-corrected chi connectivity index (χ4v) is 2.48. The summed E-state index contributed by atoms with van der Waals surface area (Å²) in [5, 5.41) is 13.0. The SMILES string of the molecule is O[C@H]1CC[C@@H]2NCCC[C@H]2C1. The molecule has 0 bridgehead atoms. The summed E-state index contributed by atoms with van der Waals surface area (Å²) >= 11 is 0. The molecule has 2 N–H and O–H groups in total. The minimum absolute atomic E-state index is 0.00356. The molecule has 2 fully saturated rings. The third-order valence-electron chi connectivity index (χ3n) is 3.11. The fraction of sp³-hybridized carbons (Fsp3) is 1.00. The van der Waals surface area contributed by atoms with Gasteiger partial charge in [-0.05, 0) is 44.6 Å². The van der Waals surface area contributed by atoms with Gasteiger partial charge < -0.3 is 10.4 Å². The molecule has 0 unspecified atom stereocenters. The molecule has 2 heteroatoms. The van der Waals surface area contributed by atoms with Crippen molar-refractivity contribution in [2.45, 2.75) is 44.2 Å². The first-order valence-corrected chi connectivity index (χ1v) is 4.78. The van der Waals surface area contributed by atoms with Crippen LogP contribution in [0.4, 0.5) is 0 Å². The van der Waals surface area contributed by atoms with Gasteiger partial charge in [-0.3, -0.25) is 0 Å². The Labute approximate surface area is 68.0 Å². The Bertz CT molecular complexity index is 138. The molecule has 2 rings (SSSR count). The molecule has 1 saturated carbocycles. The number of fused-ring (bicyclic) bond motifs is 1. The van der Waals surface area contributed by atoms with Gasteiger partial charge in [-0.2, -0.15) is 0 Å². The lowest BCUT2D eigenvalue weighted by Crippen LogP contribution is -2.45. The van der Waals surface area contributed by atoms with Crippen molar-refractivity contribution in [1.82, 2.24) is 5.32 Å². The van der Waals surface area contributed by atoms with Crippen LogP contribution >= 0.6 is 0 Å².